The standard InChI is InChI=1S/C13H13F2NO2/c1-9-11(8-17-13(2,14)15)16-12(18-9)10-6-4-3-5-7-10/h3-7H,8H2,1-2H3. The molecule has 3 nitrogen and oxygen atoms in total. The molecule has 5 heteroatoms. The first-order valence-corrected chi connectivity index (χ1v) is 5.49. The van der Waals surface area contributed by atoms with E-state index in [1.165, 1.54) is 0 Å². The van der Waals surface area contributed by atoms with E-state index in [0.29, 0.717) is 24.3 Å². The largest absolute Gasteiger partial charge is 0.441 e. The number of benzene rings is 1. The molecule has 0 atom stereocenters. The highest BCUT2D eigenvalue weighted by Crippen LogP contribution is 2.23. The van der Waals surface area contributed by atoms with E-state index in [9.17, 15) is 8.78 Å². The summed E-state index contributed by atoms with van der Waals surface area (Å²) in [6.45, 7) is 2.10. The average molecular weight is 253 g/mol. The van der Waals surface area contributed by atoms with Crippen molar-refractivity contribution in [2.24, 2.45) is 0 Å². The van der Waals surface area contributed by atoms with Crippen LogP contribution < -0.4 is 0 Å². The zero-order valence-corrected chi connectivity index (χ0v) is 10.1. The van der Waals surface area contributed by atoms with Crippen LogP contribution in [0.4, 0.5) is 8.78 Å². The second-order valence-corrected chi connectivity index (χ2v) is 3.98. The van der Waals surface area contributed by atoms with Gasteiger partial charge in [0.1, 0.15) is 11.5 Å². The van der Waals surface area contributed by atoms with E-state index in [1.807, 2.05) is 30.3 Å². The van der Waals surface area contributed by atoms with Gasteiger partial charge in [-0.05, 0) is 19.1 Å². The maximum absolute atomic E-state index is 12.6. The summed E-state index contributed by atoms with van der Waals surface area (Å²) in [6, 6.07) is 9.26. The molecule has 0 aliphatic carbocycles. The maximum Gasteiger partial charge on any atom is 0.353 e. The zero-order chi connectivity index (χ0) is 13.2. The van der Waals surface area contributed by atoms with E-state index in [1.54, 1.807) is 6.92 Å². The Hall–Kier alpha value is -1.75. The number of nitrogens with zero attached hydrogens (tertiary/aromatic N) is 1. The lowest BCUT2D eigenvalue weighted by molar-refractivity contribution is -0.231. The number of oxazole rings is 1. The minimum Gasteiger partial charge on any atom is -0.441 e. The van der Waals surface area contributed by atoms with Gasteiger partial charge in [-0.25, -0.2) is 4.98 Å². The van der Waals surface area contributed by atoms with E-state index in [4.69, 9.17) is 4.42 Å². The van der Waals surface area contributed by atoms with Gasteiger partial charge in [-0.3, -0.25) is 0 Å². The van der Waals surface area contributed by atoms with Crippen LogP contribution in [-0.4, -0.2) is 11.1 Å². The number of aromatic nitrogens is 1. The molecule has 0 aliphatic rings. The monoisotopic (exact) mass is 253 g/mol. The van der Waals surface area contributed by atoms with Gasteiger partial charge in [0.25, 0.3) is 0 Å². The highest BCUT2D eigenvalue weighted by atomic mass is 19.3. The summed E-state index contributed by atoms with van der Waals surface area (Å²) in [4.78, 5) is 4.16. The van der Waals surface area contributed by atoms with Crippen LogP contribution >= 0.6 is 0 Å². The van der Waals surface area contributed by atoms with Gasteiger partial charge in [-0.2, -0.15) is 8.78 Å². The molecular weight excluding hydrogens is 240 g/mol. The summed E-state index contributed by atoms with van der Waals surface area (Å²) in [7, 11) is 0. The Morgan fingerprint density at radius 1 is 1.28 bits per heavy atom. The molecular formula is C13H13F2NO2. The van der Waals surface area contributed by atoms with Crippen molar-refractivity contribution < 1.29 is 17.9 Å². The van der Waals surface area contributed by atoms with Crippen LogP contribution in [0.2, 0.25) is 0 Å². The molecule has 0 aliphatic heterocycles. The first kappa shape index (κ1) is 12.7. The van der Waals surface area contributed by atoms with E-state index in [-0.39, 0.29) is 6.61 Å². The molecule has 96 valence electrons. The number of rotatable bonds is 4. The molecule has 0 amide bonds. The van der Waals surface area contributed by atoms with E-state index >= 15 is 0 Å². The minimum atomic E-state index is -3.17. The van der Waals surface area contributed by atoms with Gasteiger partial charge in [0.15, 0.2) is 0 Å². The SMILES string of the molecule is Cc1oc(-c2ccccc2)nc1COC(C)(F)F. The molecule has 0 N–H and O–H groups in total. The van der Waals surface area contributed by atoms with Crippen LogP contribution in [0.5, 0.6) is 0 Å². The van der Waals surface area contributed by atoms with Gasteiger partial charge in [-0.1, -0.05) is 18.2 Å². The Kier molecular flexibility index (Phi) is 3.43. The second kappa shape index (κ2) is 4.86. The summed E-state index contributed by atoms with van der Waals surface area (Å²) in [5.74, 6) is 0.893. The van der Waals surface area contributed by atoms with Crippen LogP contribution in [0, 0.1) is 6.92 Å². The molecule has 2 aromatic rings. The maximum atomic E-state index is 12.6. The minimum absolute atomic E-state index is 0.272. The number of halogens is 2. The fraction of sp³-hybridized carbons (Fsp3) is 0.308. The first-order valence-electron chi connectivity index (χ1n) is 5.49. The van der Waals surface area contributed by atoms with Crippen LogP contribution in [0.3, 0.4) is 0 Å². The Morgan fingerprint density at radius 2 is 1.94 bits per heavy atom. The van der Waals surface area contributed by atoms with Gasteiger partial charge in [0.2, 0.25) is 5.89 Å². The van der Waals surface area contributed by atoms with Crippen LogP contribution in [0.25, 0.3) is 11.5 Å². The summed E-state index contributed by atoms with van der Waals surface area (Å²) in [6.07, 6.45) is -3.17. The molecule has 0 saturated carbocycles. The Labute approximate surface area is 103 Å². The van der Waals surface area contributed by atoms with Gasteiger partial charge >= 0.3 is 6.11 Å². The Bertz CT molecular complexity index is 518. The Morgan fingerprint density at radius 3 is 2.56 bits per heavy atom. The van der Waals surface area contributed by atoms with Gasteiger partial charge in [0.05, 0.1) is 6.61 Å². The fourth-order valence-electron chi connectivity index (χ4n) is 1.46. The molecule has 1 aromatic heterocycles. The summed E-state index contributed by atoms with van der Waals surface area (Å²) < 4.78 is 35.0. The van der Waals surface area contributed by atoms with Crippen molar-refractivity contribution in [1.29, 1.82) is 0 Å². The first-order chi connectivity index (χ1) is 8.46. The second-order valence-electron chi connectivity index (χ2n) is 3.98. The molecule has 0 spiro atoms. The fourth-order valence-corrected chi connectivity index (χ4v) is 1.46. The lowest BCUT2D eigenvalue weighted by atomic mass is 10.2. The highest BCUT2D eigenvalue weighted by molar-refractivity contribution is 5.53. The van der Waals surface area contributed by atoms with Crippen molar-refractivity contribution >= 4 is 0 Å². The molecule has 2 rings (SSSR count). The number of aryl methyl sites for hydroxylation is 1. The third-order valence-electron chi connectivity index (χ3n) is 2.38. The van der Waals surface area contributed by atoms with E-state index < -0.39 is 6.11 Å². The predicted octanol–water partition coefficient (Wildman–Crippen LogP) is 3.78. The van der Waals surface area contributed by atoms with Crippen molar-refractivity contribution in [1.82, 2.24) is 4.98 Å². The van der Waals surface area contributed by atoms with E-state index in [0.717, 1.165) is 5.56 Å². The molecule has 1 heterocycles. The molecule has 1 aromatic carbocycles. The number of hydrogen-bond donors (Lipinski definition) is 0. The topological polar surface area (TPSA) is 35.3 Å². The average Bonchev–Trinajstić information content (AvgIpc) is 2.68. The van der Waals surface area contributed by atoms with Gasteiger partial charge in [-0.15, -0.1) is 0 Å². The lowest BCUT2D eigenvalue weighted by Gasteiger charge is -2.09. The predicted molar refractivity (Wildman–Crippen MR) is 62.1 cm³/mol. The molecule has 0 radical (unpaired) electrons. The van der Waals surface area contributed by atoms with Gasteiger partial charge < -0.3 is 9.15 Å². The summed E-state index contributed by atoms with van der Waals surface area (Å²) in [5.41, 5.74) is 1.19. The number of ether oxygens (including phenoxy) is 1. The normalized spacial score (nSPS) is 11.8. The third kappa shape index (κ3) is 3.13. The zero-order valence-electron chi connectivity index (χ0n) is 10.1. The van der Waals surface area contributed by atoms with Crippen LogP contribution in [0.1, 0.15) is 18.4 Å². The molecule has 0 bridgehead atoms. The Balaban J connectivity index is 2.17. The van der Waals surface area contributed by atoms with Crippen molar-refractivity contribution in [3.8, 4) is 11.5 Å². The number of alkyl halides is 2. The van der Waals surface area contributed by atoms with Crippen molar-refractivity contribution in [3.05, 3.63) is 41.8 Å². The summed E-state index contributed by atoms with van der Waals surface area (Å²) in [5, 5.41) is 0. The lowest BCUT2D eigenvalue weighted by Crippen LogP contribution is -2.15. The number of hydrogen-bond acceptors (Lipinski definition) is 3. The van der Waals surface area contributed by atoms with Crippen molar-refractivity contribution in [2.45, 2.75) is 26.6 Å². The summed E-state index contributed by atoms with van der Waals surface area (Å²) >= 11 is 0. The van der Waals surface area contributed by atoms with E-state index in [2.05, 4.69) is 9.72 Å². The third-order valence-corrected chi connectivity index (χ3v) is 2.38. The van der Waals surface area contributed by atoms with Gasteiger partial charge in [0, 0.05) is 12.5 Å². The molecule has 0 saturated heterocycles. The quantitative estimate of drug-likeness (QED) is 0.831. The smallest absolute Gasteiger partial charge is 0.353 e. The molecule has 0 fully saturated rings. The van der Waals surface area contributed by atoms with Crippen LogP contribution in [-0.2, 0) is 11.3 Å². The van der Waals surface area contributed by atoms with Crippen molar-refractivity contribution in [2.75, 3.05) is 0 Å². The molecule has 0 unspecified atom stereocenters. The molecule has 18 heavy (non-hydrogen) atoms. The highest BCUT2D eigenvalue weighted by Gasteiger charge is 2.23. The van der Waals surface area contributed by atoms with Crippen molar-refractivity contribution in [3.63, 3.8) is 0 Å². The van der Waals surface area contributed by atoms with Crippen LogP contribution in [0.15, 0.2) is 34.7 Å².